The van der Waals surface area contributed by atoms with Gasteiger partial charge >= 0.3 is 0 Å². The third-order valence-corrected chi connectivity index (χ3v) is 6.21. The fourth-order valence-corrected chi connectivity index (χ4v) is 4.47. The molecule has 6 nitrogen and oxygen atoms in total. The highest BCUT2D eigenvalue weighted by Gasteiger charge is 2.20. The fraction of sp³-hybridized carbons (Fsp3) is 0.273. The summed E-state index contributed by atoms with van der Waals surface area (Å²) in [6, 6.07) is 11.1. The van der Waals surface area contributed by atoms with Gasteiger partial charge in [0, 0.05) is 25.0 Å². The molecule has 1 aliphatic heterocycles. The fourth-order valence-electron chi connectivity index (χ4n) is 3.55. The maximum absolute atomic E-state index is 12.4. The van der Waals surface area contributed by atoms with E-state index in [0.717, 1.165) is 36.7 Å². The van der Waals surface area contributed by atoms with Crippen molar-refractivity contribution in [3.05, 3.63) is 69.2 Å². The van der Waals surface area contributed by atoms with Gasteiger partial charge in [0.05, 0.1) is 30.5 Å². The van der Waals surface area contributed by atoms with Gasteiger partial charge < -0.3 is 9.47 Å². The lowest BCUT2D eigenvalue weighted by Gasteiger charge is -2.29. The Morgan fingerprint density at radius 3 is 2.67 bits per heavy atom. The second-order valence-electron chi connectivity index (χ2n) is 7.01. The summed E-state index contributed by atoms with van der Waals surface area (Å²) in [6.45, 7) is 2.46. The number of amides is 1. The van der Waals surface area contributed by atoms with Crippen LogP contribution < -0.4 is 14.8 Å². The zero-order valence-electron chi connectivity index (χ0n) is 16.8. The molecule has 0 saturated heterocycles. The highest BCUT2D eigenvalue weighted by Crippen LogP contribution is 2.33. The number of fused-ring (bicyclic) bond motifs is 1. The molecule has 0 fully saturated rings. The largest absolute Gasteiger partial charge is 0.493 e. The molecule has 2 heterocycles. The van der Waals surface area contributed by atoms with Crippen molar-refractivity contribution in [2.75, 3.05) is 26.1 Å². The number of ether oxygens (including phenoxy) is 2. The van der Waals surface area contributed by atoms with E-state index in [-0.39, 0.29) is 5.91 Å². The van der Waals surface area contributed by atoms with Crippen LogP contribution in [-0.4, -0.2) is 36.6 Å². The minimum atomic E-state index is -0.255. The topological polar surface area (TPSA) is 63.7 Å². The number of nitrogens with zero attached hydrogens (tertiary/aromatic N) is 2. The van der Waals surface area contributed by atoms with Gasteiger partial charge in [-0.3, -0.25) is 15.0 Å². The maximum atomic E-state index is 12.4. The van der Waals surface area contributed by atoms with E-state index in [4.69, 9.17) is 21.1 Å². The van der Waals surface area contributed by atoms with E-state index in [2.05, 4.69) is 27.3 Å². The Balaban J connectivity index is 1.41. The summed E-state index contributed by atoms with van der Waals surface area (Å²) in [6.07, 6.45) is 0.940. The van der Waals surface area contributed by atoms with Crippen LogP contribution in [0.25, 0.3) is 0 Å². The van der Waals surface area contributed by atoms with Gasteiger partial charge in [-0.2, -0.15) is 0 Å². The van der Waals surface area contributed by atoms with Crippen LogP contribution in [0.15, 0.2) is 41.8 Å². The van der Waals surface area contributed by atoms with E-state index in [1.807, 2.05) is 5.38 Å². The van der Waals surface area contributed by atoms with Crippen LogP contribution in [-0.2, 0) is 19.5 Å². The normalized spacial score (nSPS) is 13.6. The summed E-state index contributed by atoms with van der Waals surface area (Å²) in [5.41, 5.74) is 3.89. The predicted octanol–water partition coefficient (Wildman–Crippen LogP) is 4.62. The number of nitrogens with one attached hydrogen (secondary N) is 1. The molecule has 0 radical (unpaired) electrons. The molecule has 0 spiro atoms. The molecule has 4 rings (SSSR count). The lowest BCUT2D eigenvalue weighted by atomic mass is 9.98. The molecule has 1 aromatic heterocycles. The number of rotatable bonds is 6. The van der Waals surface area contributed by atoms with Gasteiger partial charge in [0.1, 0.15) is 0 Å². The van der Waals surface area contributed by atoms with E-state index in [1.54, 1.807) is 38.5 Å². The minimum absolute atomic E-state index is 0.255. The zero-order chi connectivity index (χ0) is 21.1. The molecule has 0 atom stereocenters. The van der Waals surface area contributed by atoms with Crippen LogP contribution in [0.5, 0.6) is 11.5 Å². The van der Waals surface area contributed by atoms with E-state index in [9.17, 15) is 4.79 Å². The zero-order valence-corrected chi connectivity index (χ0v) is 18.3. The number of benzene rings is 2. The summed E-state index contributed by atoms with van der Waals surface area (Å²) >= 11 is 7.51. The van der Waals surface area contributed by atoms with Gasteiger partial charge in [-0.05, 0) is 41.8 Å². The lowest BCUT2D eigenvalue weighted by Crippen LogP contribution is -2.30. The van der Waals surface area contributed by atoms with Gasteiger partial charge in [-0.25, -0.2) is 4.98 Å². The highest BCUT2D eigenvalue weighted by molar-refractivity contribution is 7.14. The molecular weight excluding hydrogens is 422 g/mol. The number of halogens is 1. The Labute approximate surface area is 184 Å². The smallest absolute Gasteiger partial charge is 0.258 e. The molecule has 1 N–H and O–H groups in total. The number of carbonyl (C=O) groups is 1. The average molecular weight is 444 g/mol. The molecule has 2 aromatic carbocycles. The van der Waals surface area contributed by atoms with Crippen molar-refractivity contribution in [3.8, 4) is 11.5 Å². The molecule has 8 heteroatoms. The second-order valence-corrected chi connectivity index (χ2v) is 8.28. The first-order valence-electron chi connectivity index (χ1n) is 9.53. The summed E-state index contributed by atoms with van der Waals surface area (Å²) in [5, 5.41) is 5.80. The predicted molar refractivity (Wildman–Crippen MR) is 119 cm³/mol. The lowest BCUT2D eigenvalue weighted by molar-refractivity contribution is 0.102. The Hall–Kier alpha value is -2.61. The monoisotopic (exact) mass is 443 g/mol. The number of thiazole rings is 1. The van der Waals surface area contributed by atoms with Gasteiger partial charge in [0.25, 0.3) is 5.91 Å². The molecule has 0 aliphatic carbocycles. The standard InChI is InChI=1S/C22H22ClN3O3S/c1-28-19-9-14-7-8-26(11-15(14)10-20(19)29-2)12-16-13-30-22(24-16)25-21(27)17-5-3-4-6-18(17)23/h3-6,9-10,13H,7-8,11-12H2,1-2H3,(H,24,25,27). The Morgan fingerprint density at radius 2 is 1.93 bits per heavy atom. The molecule has 0 saturated carbocycles. The van der Waals surface area contributed by atoms with E-state index in [1.165, 1.54) is 22.5 Å². The molecule has 1 amide bonds. The first kappa shape index (κ1) is 20.7. The molecular formula is C22H22ClN3O3S. The summed E-state index contributed by atoms with van der Waals surface area (Å²) in [4.78, 5) is 19.3. The van der Waals surface area contributed by atoms with Crippen molar-refractivity contribution in [3.63, 3.8) is 0 Å². The number of hydrogen-bond donors (Lipinski definition) is 1. The third-order valence-electron chi connectivity index (χ3n) is 5.07. The van der Waals surface area contributed by atoms with E-state index >= 15 is 0 Å². The summed E-state index contributed by atoms with van der Waals surface area (Å²) in [5.74, 6) is 1.26. The summed E-state index contributed by atoms with van der Waals surface area (Å²) < 4.78 is 10.8. The number of carbonyl (C=O) groups excluding carboxylic acids is 1. The van der Waals surface area contributed by atoms with Crippen molar-refractivity contribution in [2.24, 2.45) is 0 Å². The molecule has 3 aromatic rings. The van der Waals surface area contributed by atoms with Crippen molar-refractivity contribution < 1.29 is 14.3 Å². The quantitative estimate of drug-likeness (QED) is 0.602. The van der Waals surface area contributed by atoms with E-state index in [0.29, 0.717) is 22.3 Å². The van der Waals surface area contributed by atoms with Gasteiger partial charge in [0.15, 0.2) is 16.6 Å². The SMILES string of the molecule is COc1cc2c(cc1OC)CN(Cc1csc(NC(=O)c3ccccc3Cl)n1)CC2. The maximum Gasteiger partial charge on any atom is 0.258 e. The average Bonchev–Trinajstić information content (AvgIpc) is 3.19. The summed E-state index contributed by atoms with van der Waals surface area (Å²) in [7, 11) is 3.31. The van der Waals surface area contributed by atoms with Crippen LogP contribution >= 0.6 is 22.9 Å². The van der Waals surface area contributed by atoms with E-state index < -0.39 is 0 Å². The van der Waals surface area contributed by atoms with Crippen LogP contribution in [0.2, 0.25) is 5.02 Å². The van der Waals surface area contributed by atoms with Crippen LogP contribution in [0.4, 0.5) is 5.13 Å². The molecule has 0 bridgehead atoms. The second kappa shape index (κ2) is 9.04. The van der Waals surface area contributed by atoms with Crippen molar-refractivity contribution in [1.29, 1.82) is 0 Å². The van der Waals surface area contributed by atoms with Crippen molar-refractivity contribution in [1.82, 2.24) is 9.88 Å². The Bertz CT molecular complexity index is 1070. The molecule has 0 unspecified atom stereocenters. The molecule has 156 valence electrons. The molecule has 1 aliphatic rings. The van der Waals surface area contributed by atoms with Crippen LogP contribution in [0.1, 0.15) is 27.2 Å². The number of aromatic nitrogens is 1. The third kappa shape index (κ3) is 4.43. The van der Waals surface area contributed by atoms with Gasteiger partial charge in [0.2, 0.25) is 0 Å². The van der Waals surface area contributed by atoms with Crippen molar-refractivity contribution in [2.45, 2.75) is 19.5 Å². The highest BCUT2D eigenvalue weighted by atomic mass is 35.5. The van der Waals surface area contributed by atoms with Crippen LogP contribution in [0, 0.1) is 0 Å². The number of hydrogen-bond acceptors (Lipinski definition) is 6. The first-order chi connectivity index (χ1) is 14.6. The Kier molecular flexibility index (Phi) is 6.22. The number of methoxy groups -OCH3 is 2. The number of anilines is 1. The molecule has 30 heavy (non-hydrogen) atoms. The van der Waals surface area contributed by atoms with Gasteiger partial charge in [-0.15, -0.1) is 11.3 Å². The van der Waals surface area contributed by atoms with Gasteiger partial charge in [-0.1, -0.05) is 23.7 Å². The first-order valence-corrected chi connectivity index (χ1v) is 10.8. The Morgan fingerprint density at radius 1 is 1.20 bits per heavy atom. The van der Waals surface area contributed by atoms with Crippen molar-refractivity contribution >= 4 is 34.0 Å². The minimum Gasteiger partial charge on any atom is -0.493 e. The van der Waals surface area contributed by atoms with Crippen LogP contribution in [0.3, 0.4) is 0 Å².